The molecule has 0 heterocycles. The van der Waals surface area contributed by atoms with Gasteiger partial charge in [0.05, 0.1) is 10.4 Å². The van der Waals surface area contributed by atoms with E-state index < -0.39 is 5.97 Å². The number of esters is 1. The Labute approximate surface area is 119 Å². The minimum atomic E-state index is -0.438. The van der Waals surface area contributed by atoms with Crippen LogP contribution in [-0.4, -0.2) is 16.6 Å². The van der Waals surface area contributed by atoms with Gasteiger partial charge in [0.1, 0.15) is 5.75 Å². The Balaban J connectivity index is 2.71. The van der Waals surface area contributed by atoms with E-state index in [1.807, 2.05) is 30.3 Å². The normalized spacial score (nSPS) is 12.2. The van der Waals surface area contributed by atoms with Crippen molar-refractivity contribution in [2.24, 2.45) is 0 Å². The molecule has 19 heavy (non-hydrogen) atoms. The molecule has 0 N–H and O–H groups in total. The molecule has 0 aliphatic rings. The second-order valence-corrected chi connectivity index (χ2v) is 5.61. The Kier molecular flexibility index (Phi) is 4.00. The van der Waals surface area contributed by atoms with Gasteiger partial charge in [0.2, 0.25) is 0 Å². The highest BCUT2D eigenvalue weighted by Gasteiger charge is 2.21. The van der Waals surface area contributed by atoms with Crippen molar-refractivity contribution in [3.8, 4) is 5.75 Å². The molecule has 0 saturated carbocycles. The van der Waals surface area contributed by atoms with E-state index in [2.05, 4.69) is 15.9 Å². The van der Waals surface area contributed by atoms with Crippen LogP contribution in [0.2, 0.25) is 0 Å². The number of fused-ring (bicyclic) bond motifs is 1. The summed E-state index contributed by atoms with van der Waals surface area (Å²) in [7, 11) is 0. The number of rotatable bonds is 3. The summed E-state index contributed by atoms with van der Waals surface area (Å²) in [4.78, 5) is 23.1. The van der Waals surface area contributed by atoms with E-state index >= 15 is 0 Å². The zero-order chi connectivity index (χ0) is 14.0. The van der Waals surface area contributed by atoms with E-state index in [0.717, 1.165) is 10.8 Å². The molecule has 0 aliphatic heterocycles. The predicted molar refractivity (Wildman–Crippen MR) is 78.0 cm³/mol. The summed E-state index contributed by atoms with van der Waals surface area (Å²) in [5, 5.41) is 1.73. The first-order valence-corrected chi connectivity index (χ1v) is 6.80. The Morgan fingerprint density at radius 1 is 1.16 bits per heavy atom. The fourth-order valence-electron chi connectivity index (χ4n) is 1.94. The van der Waals surface area contributed by atoms with Crippen molar-refractivity contribution >= 4 is 38.5 Å². The quantitative estimate of drug-likeness (QED) is 0.374. The minimum absolute atomic E-state index is 0.104. The predicted octanol–water partition coefficient (Wildman–Crippen LogP) is 3.73. The first-order valence-electron chi connectivity index (χ1n) is 5.89. The summed E-state index contributed by atoms with van der Waals surface area (Å²) < 4.78 is 5.14. The number of Topliss-reactive ketones (excluding diaryl/α,β-unsaturated/α-hetero) is 1. The minimum Gasteiger partial charge on any atom is -0.426 e. The maximum Gasteiger partial charge on any atom is 0.308 e. The van der Waals surface area contributed by atoms with Crippen molar-refractivity contribution in [3.05, 3.63) is 42.0 Å². The van der Waals surface area contributed by atoms with Crippen LogP contribution in [-0.2, 0) is 4.79 Å². The second kappa shape index (κ2) is 5.53. The Morgan fingerprint density at radius 2 is 1.84 bits per heavy atom. The number of halogens is 1. The van der Waals surface area contributed by atoms with E-state index in [-0.39, 0.29) is 10.6 Å². The van der Waals surface area contributed by atoms with Gasteiger partial charge in [-0.15, -0.1) is 0 Å². The molecule has 3 nitrogen and oxygen atoms in total. The van der Waals surface area contributed by atoms with Gasteiger partial charge in [0, 0.05) is 6.92 Å². The highest BCUT2D eigenvalue weighted by molar-refractivity contribution is 9.10. The molecule has 4 heteroatoms. The summed E-state index contributed by atoms with van der Waals surface area (Å²) in [6, 6.07) is 11.0. The number of ketones is 1. The summed E-state index contributed by atoms with van der Waals surface area (Å²) in [6.45, 7) is 3.07. The third kappa shape index (κ3) is 2.84. The van der Waals surface area contributed by atoms with E-state index in [9.17, 15) is 9.59 Å². The van der Waals surface area contributed by atoms with Gasteiger partial charge in [0.15, 0.2) is 5.78 Å². The molecule has 1 atom stereocenters. The number of hydrogen-bond donors (Lipinski definition) is 0. The van der Waals surface area contributed by atoms with Gasteiger partial charge in [-0.25, -0.2) is 0 Å². The molecule has 0 fully saturated rings. The fraction of sp³-hybridized carbons (Fsp3) is 0.200. The maximum atomic E-state index is 12.3. The standard InChI is InChI=1S/C15H13BrO3/c1-9(16)15(18)14-12-6-4-3-5-11(12)7-8-13(14)19-10(2)17/h3-9H,1-2H3. The molecular weight excluding hydrogens is 308 g/mol. The average Bonchev–Trinajstić information content (AvgIpc) is 2.37. The summed E-state index contributed by atoms with van der Waals surface area (Å²) in [5.41, 5.74) is 0.442. The van der Waals surface area contributed by atoms with E-state index in [0.29, 0.717) is 11.3 Å². The van der Waals surface area contributed by atoms with Crippen LogP contribution in [0.25, 0.3) is 10.8 Å². The van der Waals surface area contributed by atoms with Crippen LogP contribution in [0.4, 0.5) is 0 Å². The molecule has 1 unspecified atom stereocenters. The van der Waals surface area contributed by atoms with Crippen LogP contribution in [0.15, 0.2) is 36.4 Å². The molecule has 2 aromatic carbocycles. The van der Waals surface area contributed by atoms with Crippen molar-refractivity contribution < 1.29 is 14.3 Å². The van der Waals surface area contributed by atoms with Crippen LogP contribution < -0.4 is 4.74 Å². The van der Waals surface area contributed by atoms with Gasteiger partial charge in [-0.1, -0.05) is 46.3 Å². The number of ether oxygens (including phenoxy) is 1. The van der Waals surface area contributed by atoms with E-state index in [1.165, 1.54) is 6.92 Å². The number of carbonyl (C=O) groups excluding carboxylic acids is 2. The van der Waals surface area contributed by atoms with Crippen molar-refractivity contribution in [3.63, 3.8) is 0 Å². The molecule has 0 spiro atoms. The van der Waals surface area contributed by atoms with Gasteiger partial charge in [0.25, 0.3) is 0 Å². The van der Waals surface area contributed by atoms with Crippen molar-refractivity contribution in [2.75, 3.05) is 0 Å². The van der Waals surface area contributed by atoms with Crippen molar-refractivity contribution in [1.82, 2.24) is 0 Å². The van der Waals surface area contributed by atoms with Gasteiger partial charge in [-0.2, -0.15) is 0 Å². The van der Waals surface area contributed by atoms with Crippen LogP contribution in [0, 0.1) is 0 Å². The Morgan fingerprint density at radius 3 is 2.47 bits per heavy atom. The van der Waals surface area contributed by atoms with Crippen molar-refractivity contribution in [1.29, 1.82) is 0 Å². The zero-order valence-corrected chi connectivity index (χ0v) is 12.2. The summed E-state index contributed by atoms with van der Waals surface area (Å²) >= 11 is 3.27. The summed E-state index contributed by atoms with van der Waals surface area (Å²) in [6.07, 6.45) is 0. The van der Waals surface area contributed by atoms with Gasteiger partial charge >= 0.3 is 5.97 Å². The van der Waals surface area contributed by atoms with Crippen LogP contribution >= 0.6 is 15.9 Å². The highest BCUT2D eigenvalue weighted by Crippen LogP contribution is 2.30. The number of hydrogen-bond acceptors (Lipinski definition) is 3. The van der Waals surface area contributed by atoms with Gasteiger partial charge in [-0.05, 0) is 23.8 Å². The second-order valence-electron chi connectivity index (χ2n) is 4.23. The number of carbonyl (C=O) groups is 2. The lowest BCUT2D eigenvalue weighted by molar-refractivity contribution is -0.131. The van der Waals surface area contributed by atoms with Crippen LogP contribution in [0.3, 0.4) is 0 Å². The third-order valence-electron chi connectivity index (χ3n) is 2.75. The topological polar surface area (TPSA) is 43.4 Å². The van der Waals surface area contributed by atoms with E-state index in [4.69, 9.17) is 4.74 Å². The smallest absolute Gasteiger partial charge is 0.308 e. The third-order valence-corrected chi connectivity index (χ3v) is 3.17. The first kappa shape index (κ1) is 13.7. The number of benzene rings is 2. The molecule has 0 amide bonds. The molecular formula is C15H13BrO3. The van der Waals surface area contributed by atoms with Crippen LogP contribution in [0.5, 0.6) is 5.75 Å². The van der Waals surface area contributed by atoms with Crippen molar-refractivity contribution in [2.45, 2.75) is 18.7 Å². The molecule has 2 aromatic rings. The molecule has 0 saturated heterocycles. The summed E-state index contributed by atoms with van der Waals surface area (Å²) in [5.74, 6) is -0.234. The Hall–Kier alpha value is -1.68. The van der Waals surface area contributed by atoms with Gasteiger partial charge in [-0.3, -0.25) is 9.59 Å². The van der Waals surface area contributed by atoms with Gasteiger partial charge < -0.3 is 4.74 Å². The lowest BCUT2D eigenvalue weighted by atomic mass is 9.99. The largest absolute Gasteiger partial charge is 0.426 e. The average molecular weight is 321 g/mol. The molecule has 98 valence electrons. The number of alkyl halides is 1. The molecule has 0 radical (unpaired) electrons. The lowest BCUT2D eigenvalue weighted by Crippen LogP contribution is -2.14. The SMILES string of the molecule is CC(=O)Oc1ccc2ccccc2c1C(=O)C(C)Br. The van der Waals surface area contributed by atoms with Crippen LogP contribution in [0.1, 0.15) is 24.2 Å². The lowest BCUT2D eigenvalue weighted by Gasteiger charge is -2.12. The Bertz CT molecular complexity index is 647. The maximum absolute atomic E-state index is 12.3. The molecule has 0 aliphatic carbocycles. The fourth-order valence-corrected chi connectivity index (χ4v) is 2.17. The van der Waals surface area contributed by atoms with E-state index in [1.54, 1.807) is 13.0 Å². The molecule has 0 bridgehead atoms. The zero-order valence-electron chi connectivity index (χ0n) is 10.6. The first-order chi connectivity index (χ1) is 9.00. The molecule has 0 aromatic heterocycles. The highest BCUT2D eigenvalue weighted by atomic mass is 79.9. The monoisotopic (exact) mass is 320 g/mol. The molecule has 2 rings (SSSR count).